The van der Waals surface area contributed by atoms with Crippen molar-refractivity contribution in [1.82, 2.24) is 4.90 Å². The van der Waals surface area contributed by atoms with Gasteiger partial charge in [0, 0.05) is 12.1 Å². The Balaban J connectivity index is 1.94. The molecule has 0 radical (unpaired) electrons. The van der Waals surface area contributed by atoms with E-state index in [9.17, 15) is 9.59 Å². The first-order chi connectivity index (χ1) is 11.8. The summed E-state index contributed by atoms with van der Waals surface area (Å²) in [7, 11) is 2.94. The minimum Gasteiger partial charge on any atom is -0.484 e. The first kappa shape index (κ1) is 18.9. The number of esters is 1. The minimum absolute atomic E-state index is 0.110. The molecule has 0 fully saturated rings. The van der Waals surface area contributed by atoms with Crippen molar-refractivity contribution in [3.8, 4) is 5.75 Å². The van der Waals surface area contributed by atoms with E-state index < -0.39 is 5.97 Å². The summed E-state index contributed by atoms with van der Waals surface area (Å²) in [5.74, 6) is 0.835. The van der Waals surface area contributed by atoms with Crippen LogP contribution in [0.2, 0.25) is 5.02 Å². The zero-order chi connectivity index (χ0) is 18.6. The van der Waals surface area contributed by atoms with Crippen LogP contribution in [0.25, 0.3) is 0 Å². The summed E-state index contributed by atoms with van der Waals surface area (Å²) < 4.78 is 15.7. The number of carbonyl (C=O) groups excluding carboxylic acids is 2. The molecule has 1 aromatic carbocycles. The molecule has 0 aliphatic heterocycles. The lowest BCUT2D eigenvalue weighted by atomic mass is 10.2. The number of furan rings is 1. The van der Waals surface area contributed by atoms with Crippen LogP contribution in [0.15, 0.2) is 28.7 Å². The van der Waals surface area contributed by atoms with E-state index >= 15 is 0 Å². The maximum atomic E-state index is 12.2. The summed E-state index contributed by atoms with van der Waals surface area (Å²) in [6, 6.07) is 6.78. The Bertz CT molecular complexity index is 784. The molecule has 0 saturated carbocycles. The quantitative estimate of drug-likeness (QED) is 0.734. The molecule has 0 aliphatic carbocycles. The van der Waals surface area contributed by atoms with Crippen molar-refractivity contribution in [2.75, 3.05) is 20.8 Å². The summed E-state index contributed by atoms with van der Waals surface area (Å²) in [6.45, 7) is 3.64. The predicted octanol–water partition coefficient (Wildman–Crippen LogP) is 3.37. The minimum atomic E-state index is -0.470. The third-order valence-corrected chi connectivity index (χ3v) is 4.11. The number of halogens is 1. The van der Waals surface area contributed by atoms with Crippen molar-refractivity contribution >= 4 is 23.5 Å². The van der Waals surface area contributed by atoms with E-state index in [0.29, 0.717) is 27.9 Å². The molecule has 0 aliphatic rings. The lowest BCUT2D eigenvalue weighted by Crippen LogP contribution is -2.30. The molecule has 2 aromatic rings. The highest BCUT2D eigenvalue weighted by molar-refractivity contribution is 6.31. The molecule has 0 bridgehead atoms. The normalized spacial score (nSPS) is 10.4. The lowest BCUT2D eigenvalue weighted by Gasteiger charge is -2.16. The number of rotatable bonds is 6. The summed E-state index contributed by atoms with van der Waals surface area (Å²) >= 11 is 5.96. The van der Waals surface area contributed by atoms with E-state index in [-0.39, 0.29) is 19.1 Å². The van der Waals surface area contributed by atoms with Gasteiger partial charge in [-0.05, 0) is 43.7 Å². The Morgan fingerprint density at radius 1 is 1.24 bits per heavy atom. The van der Waals surface area contributed by atoms with Crippen molar-refractivity contribution in [1.29, 1.82) is 0 Å². The van der Waals surface area contributed by atoms with Crippen LogP contribution in [0.3, 0.4) is 0 Å². The number of hydrogen-bond donors (Lipinski definition) is 0. The van der Waals surface area contributed by atoms with Gasteiger partial charge in [-0.25, -0.2) is 4.79 Å². The summed E-state index contributed by atoms with van der Waals surface area (Å²) in [5, 5.41) is 0.644. The van der Waals surface area contributed by atoms with Gasteiger partial charge in [0.2, 0.25) is 0 Å². The molecule has 134 valence electrons. The van der Waals surface area contributed by atoms with Gasteiger partial charge >= 0.3 is 5.97 Å². The molecule has 0 N–H and O–H groups in total. The molecular weight excluding hydrogens is 346 g/mol. The number of nitrogens with zero attached hydrogens (tertiary/aromatic N) is 1. The van der Waals surface area contributed by atoms with E-state index in [1.165, 1.54) is 12.0 Å². The fourth-order valence-corrected chi connectivity index (χ4v) is 2.34. The maximum Gasteiger partial charge on any atom is 0.341 e. The van der Waals surface area contributed by atoms with Crippen LogP contribution in [-0.2, 0) is 16.1 Å². The van der Waals surface area contributed by atoms with E-state index in [2.05, 4.69) is 4.74 Å². The molecule has 0 saturated heterocycles. The van der Waals surface area contributed by atoms with Gasteiger partial charge in [0.05, 0.1) is 13.7 Å². The Hall–Kier alpha value is -2.47. The van der Waals surface area contributed by atoms with Crippen LogP contribution in [0.5, 0.6) is 5.75 Å². The van der Waals surface area contributed by atoms with E-state index in [0.717, 1.165) is 5.56 Å². The SMILES string of the molecule is COC(=O)c1cc(CN(C)C(=O)COc2ccc(Cl)c(C)c2)oc1C. The van der Waals surface area contributed by atoms with Crippen molar-refractivity contribution in [3.63, 3.8) is 0 Å². The van der Waals surface area contributed by atoms with Gasteiger partial charge < -0.3 is 18.8 Å². The Labute approximate surface area is 151 Å². The number of benzene rings is 1. The van der Waals surface area contributed by atoms with Crippen LogP contribution in [0.4, 0.5) is 0 Å². The molecule has 6 nitrogen and oxygen atoms in total. The van der Waals surface area contributed by atoms with Gasteiger partial charge in [-0.3, -0.25) is 4.79 Å². The molecular formula is C18H20ClNO5. The van der Waals surface area contributed by atoms with E-state index in [4.69, 9.17) is 20.8 Å². The molecule has 0 unspecified atom stereocenters. The number of ether oxygens (including phenoxy) is 2. The fourth-order valence-electron chi connectivity index (χ4n) is 2.22. The zero-order valence-corrected chi connectivity index (χ0v) is 15.3. The number of methoxy groups -OCH3 is 1. The summed E-state index contributed by atoms with van der Waals surface area (Å²) in [6.07, 6.45) is 0. The molecule has 0 spiro atoms. The van der Waals surface area contributed by atoms with Gasteiger partial charge in [0.25, 0.3) is 5.91 Å². The first-order valence-electron chi connectivity index (χ1n) is 7.62. The second kappa shape index (κ2) is 8.07. The Morgan fingerprint density at radius 2 is 1.96 bits per heavy atom. The van der Waals surface area contributed by atoms with E-state index in [1.54, 1.807) is 38.2 Å². The topological polar surface area (TPSA) is 69.0 Å². The second-order valence-electron chi connectivity index (χ2n) is 5.62. The van der Waals surface area contributed by atoms with Gasteiger partial charge in [0.15, 0.2) is 6.61 Å². The standard InChI is InChI=1S/C18H20ClNO5/c1-11-7-13(5-6-16(11)19)24-10-17(21)20(3)9-14-8-15(12(2)25-14)18(22)23-4/h5-8H,9-10H2,1-4H3. The fraction of sp³-hybridized carbons (Fsp3) is 0.333. The third kappa shape index (κ3) is 4.76. The third-order valence-electron chi connectivity index (χ3n) is 3.68. The number of likely N-dealkylation sites (N-methyl/N-ethyl adjacent to an activating group) is 1. The Kier molecular flexibility index (Phi) is 6.09. The molecule has 0 atom stereocenters. The van der Waals surface area contributed by atoms with Gasteiger partial charge in [-0.15, -0.1) is 0 Å². The van der Waals surface area contributed by atoms with Crippen molar-refractivity contribution in [2.24, 2.45) is 0 Å². The highest BCUT2D eigenvalue weighted by Crippen LogP contribution is 2.21. The summed E-state index contributed by atoms with van der Waals surface area (Å²) in [4.78, 5) is 25.2. The second-order valence-corrected chi connectivity index (χ2v) is 6.03. The van der Waals surface area contributed by atoms with Gasteiger partial charge in [-0.1, -0.05) is 11.6 Å². The summed E-state index contributed by atoms with van der Waals surface area (Å²) in [5.41, 5.74) is 1.23. The first-order valence-corrected chi connectivity index (χ1v) is 8.00. The molecule has 7 heteroatoms. The maximum absolute atomic E-state index is 12.2. The van der Waals surface area contributed by atoms with Crippen LogP contribution in [-0.4, -0.2) is 37.5 Å². The molecule has 1 heterocycles. The smallest absolute Gasteiger partial charge is 0.341 e. The largest absolute Gasteiger partial charge is 0.484 e. The number of amides is 1. The molecule has 1 amide bonds. The van der Waals surface area contributed by atoms with Gasteiger partial charge in [0.1, 0.15) is 22.8 Å². The number of aryl methyl sites for hydroxylation is 2. The lowest BCUT2D eigenvalue weighted by molar-refractivity contribution is -0.132. The Morgan fingerprint density at radius 3 is 2.60 bits per heavy atom. The van der Waals surface area contributed by atoms with Crippen molar-refractivity contribution < 1.29 is 23.5 Å². The highest BCUT2D eigenvalue weighted by atomic mass is 35.5. The molecule has 2 rings (SSSR count). The number of hydrogen-bond acceptors (Lipinski definition) is 5. The van der Waals surface area contributed by atoms with Crippen LogP contribution in [0, 0.1) is 13.8 Å². The average molecular weight is 366 g/mol. The average Bonchev–Trinajstić information content (AvgIpc) is 2.95. The van der Waals surface area contributed by atoms with Gasteiger partial charge in [-0.2, -0.15) is 0 Å². The van der Waals surface area contributed by atoms with Crippen molar-refractivity contribution in [3.05, 3.63) is 51.9 Å². The number of carbonyl (C=O) groups is 2. The van der Waals surface area contributed by atoms with Crippen LogP contribution < -0.4 is 4.74 Å². The van der Waals surface area contributed by atoms with Crippen molar-refractivity contribution in [2.45, 2.75) is 20.4 Å². The zero-order valence-electron chi connectivity index (χ0n) is 14.6. The predicted molar refractivity (Wildman–Crippen MR) is 92.9 cm³/mol. The molecule has 1 aromatic heterocycles. The van der Waals surface area contributed by atoms with E-state index in [1.807, 2.05) is 6.92 Å². The monoisotopic (exact) mass is 365 g/mol. The van der Waals surface area contributed by atoms with Crippen LogP contribution >= 0.6 is 11.6 Å². The van der Waals surface area contributed by atoms with Crippen LogP contribution in [0.1, 0.15) is 27.4 Å². The highest BCUT2D eigenvalue weighted by Gasteiger charge is 2.18. The molecule has 25 heavy (non-hydrogen) atoms.